The van der Waals surface area contributed by atoms with Crippen LogP contribution in [-0.2, 0) is 0 Å². The normalized spacial score (nSPS) is 11.5. The average Bonchev–Trinajstić information content (AvgIpc) is 2.37. The van der Waals surface area contributed by atoms with E-state index in [1.807, 2.05) is 0 Å². The minimum atomic E-state index is -1.42. The van der Waals surface area contributed by atoms with Crippen molar-refractivity contribution in [2.45, 2.75) is 19.4 Å². The molecule has 1 atom stereocenters. The highest BCUT2D eigenvalue weighted by atomic mass is 19.2. The van der Waals surface area contributed by atoms with E-state index in [4.69, 9.17) is 5.26 Å². The average molecular weight is 269 g/mol. The van der Waals surface area contributed by atoms with Crippen molar-refractivity contribution in [1.29, 1.82) is 5.26 Å². The van der Waals surface area contributed by atoms with Gasteiger partial charge in [0.1, 0.15) is 11.6 Å². The Labute approximate surface area is 106 Å². The molecule has 0 aliphatic carbocycles. The van der Waals surface area contributed by atoms with Gasteiger partial charge in [0.15, 0.2) is 11.6 Å². The van der Waals surface area contributed by atoms with Gasteiger partial charge in [0, 0.05) is 0 Å². The van der Waals surface area contributed by atoms with E-state index in [0.717, 1.165) is 0 Å². The van der Waals surface area contributed by atoms with E-state index in [9.17, 15) is 23.7 Å². The molecule has 100 valence electrons. The third-order valence-electron chi connectivity index (χ3n) is 2.35. The number of carbonyl (C=O) groups excluding carboxylic acids is 1. The van der Waals surface area contributed by atoms with Gasteiger partial charge in [-0.15, -0.1) is 0 Å². The number of carbonyl (C=O) groups is 1. The Bertz CT molecular complexity index is 569. The molecular formula is C11H9F2N3O3. The molecule has 1 aromatic carbocycles. The minimum absolute atomic E-state index is 0.277. The van der Waals surface area contributed by atoms with E-state index in [1.54, 1.807) is 13.0 Å². The standard InChI is InChI=1S/C11H9F2N3O3/c1-2-6(5-14)15-11(17)7-3-8(12)9(13)4-10(7)16(18)19/h3-4,6H,2H2,1H3,(H,15,17). The number of benzene rings is 1. The Morgan fingerprint density at radius 3 is 2.58 bits per heavy atom. The molecule has 0 saturated heterocycles. The molecule has 1 unspecified atom stereocenters. The number of nitro groups is 1. The summed E-state index contributed by atoms with van der Waals surface area (Å²) in [5, 5.41) is 21.5. The van der Waals surface area contributed by atoms with Gasteiger partial charge in [0.2, 0.25) is 0 Å². The zero-order valence-corrected chi connectivity index (χ0v) is 9.81. The zero-order valence-electron chi connectivity index (χ0n) is 9.81. The molecule has 19 heavy (non-hydrogen) atoms. The molecule has 0 radical (unpaired) electrons. The van der Waals surface area contributed by atoms with Crippen molar-refractivity contribution in [2.75, 3.05) is 0 Å². The number of hydrogen-bond donors (Lipinski definition) is 1. The Kier molecular flexibility index (Phi) is 4.47. The van der Waals surface area contributed by atoms with Crippen LogP contribution in [0.1, 0.15) is 23.7 Å². The van der Waals surface area contributed by atoms with Crippen LogP contribution in [0.15, 0.2) is 12.1 Å². The molecule has 1 aromatic rings. The summed E-state index contributed by atoms with van der Waals surface area (Å²) in [4.78, 5) is 21.4. The van der Waals surface area contributed by atoms with E-state index in [0.29, 0.717) is 12.1 Å². The summed E-state index contributed by atoms with van der Waals surface area (Å²) in [6, 6.07) is 1.66. The largest absolute Gasteiger partial charge is 0.336 e. The molecule has 0 saturated carbocycles. The first-order valence-corrected chi connectivity index (χ1v) is 5.24. The summed E-state index contributed by atoms with van der Waals surface area (Å²) < 4.78 is 26.0. The monoisotopic (exact) mass is 269 g/mol. The predicted molar refractivity (Wildman–Crippen MR) is 60.2 cm³/mol. The van der Waals surface area contributed by atoms with Crippen LogP contribution >= 0.6 is 0 Å². The summed E-state index contributed by atoms with van der Waals surface area (Å²) >= 11 is 0. The summed E-state index contributed by atoms with van der Waals surface area (Å²) in [6.45, 7) is 1.62. The fourth-order valence-corrected chi connectivity index (χ4v) is 1.33. The fraction of sp³-hybridized carbons (Fsp3) is 0.273. The highest BCUT2D eigenvalue weighted by molar-refractivity contribution is 5.98. The van der Waals surface area contributed by atoms with E-state index in [-0.39, 0.29) is 6.42 Å². The Morgan fingerprint density at radius 1 is 1.53 bits per heavy atom. The van der Waals surface area contributed by atoms with Gasteiger partial charge in [-0.1, -0.05) is 6.92 Å². The predicted octanol–water partition coefficient (Wildman–Crippen LogP) is 1.90. The number of rotatable bonds is 4. The number of nitriles is 1. The summed E-state index contributed by atoms with van der Waals surface area (Å²) in [5.41, 5.74) is -1.48. The van der Waals surface area contributed by atoms with Gasteiger partial charge in [-0.3, -0.25) is 14.9 Å². The molecule has 0 fully saturated rings. The van der Waals surface area contributed by atoms with E-state index in [1.165, 1.54) is 0 Å². The minimum Gasteiger partial charge on any atom is -0.336 e. The third kappa shape index (κ3) is 3.22. The van der Waals surface area contributed by atoms with Crippen LogP contribution in [0.5, 0.6) is 0 Å². The topological polar surface area (TPSA) is 96.0 Å². The summed E-state index contributed by atoms with van der Waals surface area (Å²) in [5.74, 6) is -3.80. The molecule has 6 nitrogen and oxygen atoms in total. The van der Waals surface area contributed by atoms with Gasteiger partial charge in [0.05, 0.1) is 17.1 Å². The fourth-order valence-electron chi connectivity index (χ4n) is 1.33. The Balaban J connectivity index is 3.19. The van der Waals surface area contributed by atoms with Crippen molar-refractivity contribution >= 4 is 11.6 Å². The number of hydrogen-bond acceptors (Lipinski definition) is 4. The van der Waals surface area contributed by atoms with Crippen LogP contribution in [0.4, 0.5) is 14.5 Å². The molecule has 1 N–H and O–H groups in total. The molecule has 0 spiro atoms. The maximum atomic E-state index is 13.0. The van der Waals surface area contributed by atoms with Crippen LogP contribution in [-0.4, -0.2) is 16.9 Å². The number of amides is 1. The van der Waals surface area contributed by atoms with Crippen molar-refractivity contribution in [3.05, 3.63) is 39.4 Å². The van der Waals surface area contributed by atoms with Crippen LogP contribution in [0.25, 0.3) is 0 Å². The molecule has 0 aliphatic rings. The molecule has 1 amide bonds. The highest BCUT2D eigenvalue weighted by Gasteiger charge is 2.25. The van der Waals surface area contributed by atoms with Crippen LogP contribution in [0.3, 0.4) is 0 Å². The van der Waals surface area contributed by atoms with Gasteiger partial charge in [-0.05, 0) is 12.5 Å². The molecule has 0 heterocycles. The number of nitro benzene ring substituents is 1. The van der Waals surface area contributed by atoms with E-state index >= 15 is 0 Å². The molecule has 8 heteroatoms. The number of nitrogens with one attached hydrogen (secondary N) is 1. The van der Waals surface area contributed by atoms with E-state index in [2.05, 4.69) is 5.32 Å². The first-order valence-electron chi connectivity index (χ1n) is 5.24. The van der Waals surface area contributed by atoms with Gasteiger partial charge >= 0.3 is 0 Å². The molecule has 0 aromatic heterocycles. The SMILES string of the molecule is CCC(C#N)NC(=O)c1cc(F)c(F)cc1[N+](=O)[O-]. The van der Waals surface area contributed by atoms with E-state index < -0.39 is 39.8 Å². The number of halogens is 2. The second kappa shape index (κ2) is 5.86. The highest BCUT2D eigenvalue weighted by Crippen LogP contribution is 2.22. The lowest BCUT2D eigenvalue weighted by Gasteiger charge is -2.09. The lowest BCUT2D eigenvalue weighted by atomic mass is 10.1. The Hall–Kier alpha value is -2.56. The van der Waals surface area contributed by atoms with Crippen molar-refractivity contribution in [1.82, 2.24) is 5.32 Å². The van der Waals surface area contributed by atoms with Gasteiger partial charge in [0.25, 0.3) is 11.6 Å². The molecule has 1 rings (SSSR count). The van der Waals surface area contributed by atoms with Crippen LogP contribution in [0.2, 0.25) is 0 Å². The quantitative estimate of drug-likeness (QED) is 0.667. The zero-order chi connectivity index (χ0) is 14.6. The van der Waals surface area contributed by atoms with Crippen LogP contribution < -0.4 is 5.32 Å². The van der Waals surface area contributed by atoms with Gasteiger partial charge in [-0.2, -0.15) is 5.26 Å². The molecular weight excluding hydrogens is 260 g/mol. The Morgan fingerprint density at radius 2 is 2.11 bits per heavy atom. The van der Waals surface area contributed by atoms with Crippen molar-refractivity contribution in [3.63, 3.8) is 0 Å². The van der Waals surface area contributed by atoms with Crippen LogP contribution in [0, 0.1) is 33.1 Å². The summed E-state index contributed by atoms with van der Waals surface area (Å²) in [7, 11) is 0. The maximum Gasteiger partial charge on any atom is 0.285 e. The molecule has 0 aliphatic heterocycles. The van der Waals surface area contributed by atoms with Crippen molar-refractivity contribution in [2.24, 2.45) is 0 Å². The van der Waals surface area contributed by atoms with Crippen molar-refractivity contribution in [3.8, 4) is 6.07 Å². The smallest absolute Gasteiger partial charge is 0.285 e. The van der Waals surface area contributed by atoms with Gasteiger partial charge in [-0.25, -0.2) is 8.78 Å². The second-order valence-corrected chi connectivity index (χ2v) is 3.60. The lowest BCUT2D eigenvalue weighted by molar-refractivity contribution is -0.385. The first-order chi connectivity index (χ1) is 8.90. The summed E-state index contributed by atoms with van der Waals surface area (Å²) in [6.07, 6.45) is 0.277. The lowest BCUT2D eigenvalue weighted by Crippen LogP contribution is -2.33. The van der Waals surface area contributed by atoms with Crippen molar-refractivity contribution < 1.29 is 18.5 Å². The number of nitrogens with zero attached hydrogens (tertiary/aromatic N) is 2. The second-order valence-electron chi connectivity index (χ2n) is 3.60. The first kappa shape index (κ1) is 14.5. The van der Waals surface area contributed by atoms with Gasteiger partial charge < -0.3 is 5.32 Å². The molecule has 0 bridgehead atoms. The maximum absolute atomic E-state index is 13.0. The third-order valence-corrected chi connectivity index (χ3v) is 2.35.